The first kappa shape index (κ1) is 19.8. The molecule has 2 aromatic rings. The molecular formula is C22H30N3OS+. The lowest BCUT2D eigenvalue weighted by Crippen LogP contribution is -3.14. The fourth-order valence-electron chi connectivity index (χ4n) is 3.37. The van der Waals surface area contributed by atoms with Crippen molar-refractivity contribution in [2.75, 3.05) is 38.2 Å². The van der Waals surface area contributed by atoms with Gasteiger partial charge in [0.05, 0.1) is 13.2 Å². The Morgan fingerprint density at radius 1 is 1.00 bits per heavy atom. The van der Waals surface area contributed by atoms with E-state index in [-0.39, 0.29) is 6.04 Å². The van der Waals surface area contributed by atoms with E-state index in [4.69, 9.17) is 17.0 Å². The second-order valence-electron chi connectivity index (χ2n) is 7.40. The lowest BCUT2D eigenvalue weighted by molar-refractivity contribution is -0.909. The minimum Gasteiger partial charge on any atom is -0.370 e. The lowest BCUT2D eigenvalue weighted by atomic mass is 10.0. The van der Waals surface area contributed by atoms with Crippen LogP contribution >= 0.6 is 12.2 Å². The minimum atomic E-state index is 0.175. The summed E-state index contributed by atoms with van der Waals surface area (Å²) in [5.41, 5.74) is 3.61. The first-order chi connectivity index (χ1) is 13.1. The highest BCUT2D eigenvalue weighted by Gasteiger charge is 2.22. The first-order valence-electron chi connectivity index (χ1n) is 9.75. The number of nitrogens with one attached hydrogen (secondary N) is 3. The van der Waals surface area contributed by atoms with Crippen molar-refractivity contribution in [1.29, 1.82) is 0 Å². The molecule has 0 aromatic heterocycles. The van der Waals surface area contributed by atoms with Crippen LogP contribution in [0.25, 0.3) is 0 Å². The van der Waals surface area contributed by atoms with Crippen LogP contribution in [0, 0.1) is 0 Å². The average molecular weight is 385 g/mol. The molecule has 1 saturated heterocycles. The highest BCUT2D eigenvalue weighted by atomic mass is 32.1. The molecule has 27 heavy (non-hydrogen) atoms. The van der Waals surface area contributed by atoms with Gasteiger partial charge in [0.1, 0.15) is 25.7 Å². The highest BCUT2D eigenvalue weighted by Crippen LogP contribution is 2.17. The van der Waals surface area contributed by atoms with E-state index in [0.29, 0.717) is 11.0 Å². The smallest absolute Gasteiger partial charge is 0.171 e. The first-order valence-corrected chi connectivity index (χ1v) is 10.2. The summed E-state index contributed by atoms with van der Waals surface area (Å²) in [6, 6.07) is 19.2. The minimum absolute atomic E-state index is 0.175. The average Bonchev–Trinajstić information content (AvgIpc) is 2.69. The third-order valence-electron chi connectivity index (χ3n) is 5.04. The van der Waals surface area contributed by atoms with Crippen LogP contribution in [0.3, 0.4) is 0 Å². The van der Waals surface area contributed by atoms with Gasteiger partial charge < -0.3 is 20.3 Å². The van der Waals surface area contributed by atoms with E-state index in [1.807, 2.05) is 0 Å². The van der Waals surface area contributed by atoms with E-state index in [1.54, 1.807) is 4.90 Å². The molecule has 5 heteroatoms. The summed E-state index contributed by atoms with van der Waals surface area (Å²) < 4.78 is 5.49. The van der Waals surface area contributed by atoms with Gasteiger partial charge in [0, 0.05) is 5.69 Å². The van der Waals surface area contributed by atoms with Gasteiger partial charge in [-0.15, -0.1) is 0 Å². The van der Waals surface area contributed by atoms with Crippen LogP contribution in [0.2, 0.25) is 0 Å². The van der Waals surface area contributed by atoms with Crippen molar-refractivity contribution in [3.8, 4) is 0 Å². The molecule has 0 bridgehead atoms. The maximum absolute atomic E-state index is 5.61. The second-order valence-corrected chi connectivity index (χ2v) is 7.81. The highest BCUT2D eigenvalue weighted by molar-refractivity contribution is 7.80. The third kappa shape index (κ3) is 6.03. The molecule has 1 heterocycles. The number of benzene rings is 2. The maximum Gasteiger partial charge on any atom is 0.171 e. The molecule has 1 aliphatic rings. The van der Waals surface area contributed by atoms with Crippen molar-refractivity contribution < 1.29 is 9.64 Å². The van der Waals surface area contributed by atoms with Gasteiger partial charge in [-0.2, -0.15) is 0 Å². The Morgan fingerprint density at radius 2 is 1.67 bits per heavy atom. The van der Waals surface area contributed by atoms with Gasteiger partial charge in [-0.05, 0) is 41.4 Å². The fraction of sp³-hybridized carbons (Fsp3) is 0.409. The molecule has 0 unspecified atom stereocenters. The summed E-state index contributed by atoms with van der Waals surface area (Å²) >= 11 is 5.61. The molecule has 2 aromatic carbocycles. The molecule has 3 rings (SSSR count). The molecule has 144 valence electrons. The number of ether oxygens (including phenoxy) is 1. The molecule has 4 nitrogen and oxygen atoms in total. The van der Waals surface area contributed by atoms with E-state index in [1.165, 1.54) is 11.1 Å². The summed E-state index contributed by atoms with van der Waals surface area (Å²) in [5, 5.41) is 7.52. The lowest BCUT2D eigenvalue weighted by Gasteiger charge is -2.29. The van der Waals surface area contributed by atoms with Gasteiger partial charge in [-0.3, -0.25) is 0 Å². The van der Waals surface area contributed by atoms with E-state index < -0.39 is 0 Å². The van der Waals surface area contributed by atoms with E-state index in [9.17, 15) is 0 Å². The summed E-state index contributed by atoms with van der Waals surface area (Å²) in [4.78, 5) is 1.55. The Kier molecular flexibility index (Phi) is 7.21. The quantitative estimate of drug-likeness (QED) is 0.670. The zero-order chi connectivity index (χ0) is 19.1. The Bertz CT molecular complexity index is 712. The van der Waals surface area contributed by atoms with Crippen molar-refractivity contribution in [3.05, 3.63) is 65.7 Å². The Labute approximate surface area is 167 Å². The van der Waals surface area contributed by atoms with Crippen LogP contribution in [0.4, 0.5) is 5.69 Å². The van der Waals surface area contributed by atoms with Gasteiger partial charge in [-0.1, -0.05) is 56.3 Å². The van der Waals surface area contributed by atoms with Gasteiger partial charge >= 0.3 is 0 Å². The summed E-state index contributed by atoms with van der Waals surface area (Å²) in [7, 11) is 0. The molecule has 1 fully saturated rings. The summed E-state index contributed by atoms with van der Waals surface area (Å²) in [6.45, 7) is 9.15. The molecule has 0 saturated carbocycles. The molecule has 0 amide bonds. The van der Waals surface area contributed by atoms with Gasteiger partial charge in [0.25, 0.3) is 0 Å². The monoisotopic (exact) mass is 384 g/mol. The number of anilines is 1. The maximum atomic E-state index is 5.61. The van der Waals surface area contributed by atoms with E-state index in [0.717, 1.165) is 38.5 Å². The van der Waals surface area contributed by atoms with Gasteiger partial charge in [-0.25, -0.2) is 0 Å². The van der Waals surface area contributed by atoms with Crippen molar-refractivity contribution in [1.82, 2.24) is 5.32 Å². The number of rotatable bonds is 6. The van der Waals surface area contributed by atoms with Crippen LogP contribution < -0.4 is 15.5 Å². The topological polar surface area (TPSA) is 37.7 Å². The number of hydrogen-bond donors (Lipinski definition) is 3. The zero-order valence-electron chi connectivity index (χ0n) is 16.2. The Balaban J connectivity index is 1.64. The number of quaternary nitrogens is 1. The standard InChI is InChI=1S/C22H29N3OS/c1-17(2)18-8-10-20(11-9-18)23-22(27)24-21(19-6-4-3-5-7-19)16-25-12-14-26-15-13-25/h3-11,17,21H,12-16H2,1-2H3,(H2,23,24,27)/p+1/t21-/m1/s1. The van der Waals surface area contributed by atoms with Crippen molar-refractivity contribution in [2.45, 2.75) is 25.8 Å². The van der Waals surface area contributed by atoms with Crippen LogP contribution in [0.15, 0.2) is 54.6 Å². The van der Waals surface area contributed by atoms with Gasteiger partial charge in [0.2, 0.25) is 0 Å². The predicted octanol–water partition coefficient (Wildman–Crippen LogP) is 2.75. The molecule has 0 radical (unpaired) electrons. The second kappa shape index (κ2) is 9.83. The van der Waals surface area contributed by atoms with E-state index in [2.05, 4.69) is 79.1 Å². The molecule has 0 spiro atoms. The largest absolute Gasteiger partial charge is 0.370 e. The van der Waals surface area contributed by atoms with Crippen molar-refractivity contribution in [3.63, 3.8) is 0 Å². The molecule has 3 N–H and O–H groups in total. The molecule has 1 atom stereocenters. The number of thiocarbonyl (C=S) groups is 1. The van der Waals surface area contributed by atoms with Crippen LogP contribution in [-0.4, -0.2) is 38.0 Å². The normalized spacial score (nSPS) is 16.1. The summed E-state index contributed by atoms with van der Waals surface area (Å²) in [6.07, 6.45) is 0. The van der Waals surface area contributed by atoms with E-state index >= 15 is 0 Å². The number of hydrogen-bond acceptors (Lipinski definition) is 2. The Hall–Kier alpha value is -1.95. The Morgan fingerprint density at radius 3 is 2.30 bits per heavy atom. The molecule has 1 aliphatic heterocycles. The zero-order valence-corrected chi connectivity index (χ0v) is 17.0. The predicted molar refractivity (Wildman–Crippen MR) is 115 cm³/mol. The summed E-state index contributed by atoms with van der Waals surface area (Å²) in [5.74, 6) is 0.531. The van der Waals surface area contributed by atoms with Crippen molar-refractivity contribution in [2.24, 2.45) is 0 Å². The molecule has 0 aliphatic carbocycles. The fourth-order valence-corrected chi connectivity index (χ4v) is 3.63. The van der Waals surface area contributed by atoms with Gasteiger partial charge in [0.15, 0.2) is 5.11 Å². The number of morpholine rings is 1. The molecular weight excluding hydrogens is 354 g/mol. The SMILES string of the molecule is CC(C)c1ccc(NC(=S)N[C@H](C[NH+]2CCOCC2)c2ccccc2)cc1. The van der Waals surface area contributed by atoms with Crippen LogP contribution in [0.5, 0.6) is 0 Å². The van der Waals surface area contributed by atoms with Crippen molar-refractivity contribution >= 4 is 23.0 Å². The van der Waals surface area contributed by atoms with Crippen LogP contribution in [-0.2, 0) is 4.74 Å². The van der Waals surface area contributed by atoms with Crippen LogP contribution in [0.1, 0.15) is 36.9 Å². The third-order valence-corrected chi connectivity index (χ3v) is 5.26.